The number of allylic oxidation sites excluding steroid dienone is 2. The van der Waals surface area contributed by atoms with Crippen LogP contribution in [-0.4, -0.2) is 38.9 Å². The van der Waals surface area contributed by atoms with Crippen LogP contribution in [0.3, 0.4) is 0 Å². The van der Waals surface area contributed by atoms with Crippen LogP contribution in [0.5, 0.6) is 5.75 Å². The Bertz CT molecular complexity index is 990. The number of nitrogens with two attached hydrogens (primary N) is 3. The van der Waals surface area contributed by atoms with Gasteiger partial charge in [0.05, 0.1) is 12.2 Å². The van der Waals surface area contributed by atoms with Crippen LogP contribution >= 0.6 is 0 Å². The molecule has 2 aliphatic rings. The van der Waals surface area contributed by atoms with Crippen LogP contribution < -0.4 is 17.2 Å². The summed E-state index contributed by atoms with van der Waals surface area (Å²) in [4.78, 5) is 2.69. The van der Waals surface area contributed by atoms with Gasteiger partial charge in [-0.2, -0.15) is 5.10 Å². The number of piperidine rings is 1. The molecule has 1 saturated carbocycles. The van der Waals surface area contributed by atoms with Gasteiger partial charge in [0.15, 0.2) is 0 Å². The third kappa shape index (κ3) is 4.63. The van der Waals surface area contributed by atoms with Crippen molar-refractivity contribution >= 4 is 11.3 Å². The van der Waals surface area contributed by atoms with Gasteiger partial charge >= 0.3 is 0 Å². The van der Waals surface area contributed by atoms with E-state index in [-0.39, 0.29) is 11.6 Å². The number of phenols is 1. The minimum atomic E-state index is 0.119. The van der Waals surface area contributed by atoms with E-state index in [9.17, 15) is 5.11 Å². The smallest absolute Gasteiger partial charge is 0.124 e. The Balaban J connectivity index is 1.52. The van der Waals surface area contributed by atoms with Crippen LogP contribution in [-0.2, 0) is 0 Å². The van der Waals surface area contributed by atoms with Gasteiger partial charge in [-0.3, -0.25) is 4.68 Å². The molecule has 2 aromatic rings. The highest BCUT2D eigenvalue weighted by Gasteiger charge is 2.28. The number of aromatic hydroxyl groups is 1. The van der Waals surface area contributed by atoms with Gasteiger partial charge in [-0.05, 0) is 50.8 Å². The van der Waals surface area contributed by atoms with Crippen LogP contribution in [0.25, 0.3) is 11.3 Å². The fourth-order valence-electron chi connectivity index (χ4n) is 5.27. The Morgan fingerprint density at radius 1 is 0.969 bits per heavy atom. The highest BCUT2D eigenvalue weighted by Crippen LogP contribution is 2.32. The topological polar surface area (TPSA) is 119 Å². The third-order valence-electron chi connectivity index (χ3n) is 7.10. The minimum Gasteiger partial charge on any atom is -0.507 e. The predicted octanol–water partition coefficient (Wildman–Crippen LogP) is 3.45. The zero-order valence-electron chi connectivity index (χ0n) is 19.0. The van der Waals surface area contributed by atoms with E-state index in [4.69, 9.17) is 22.3 Å². The lowest BCUT2D eigenvalue weighted by atomic mass is 9.92. The van der Waals surface area contributed by atoms with Crippen molar-refractivity contribution in [1.82, 2.24) is 14.7 Å². The van der Waals surface area contributed by atoms with Crippen molar-refractivity contribution in [2.75, 3.05) is 13.1 Å². The molecule has 2 fully saturated rings. The molecule has 1 aliphatic carbocycles. The van der Waals surface area contributed by atoms with Crippen molar-refractivity contribution in [3.05, 3.63) is 59.2 Å². The molecule has 0 unspecified atom stereocenters. The van der Waals surface area contributed by atoms with E-state index >= 15 is 0 Å². The molecule has 7 heteroatoms. The van der Waals surface area contributed by atoms with Gasteiger partial charge in [0, 0.05) is 47.2 Å². The molecule has 0 spiro atoms. The number of likely N-dealkylation sites (tertiary alicyclic amines) is 1. The quantitative estimate of drug-likeness (QED) is 0.533. The Hall–Kier alpha value is -2.93. The first kappa shape index (κ1) is 22.3. The van der Waals surface area contributed by atoms with Gasteiger partial charge in [0.25, 0.3) is 0 Å². The number of hydrogen-bond donors (Lipinski definition) is 4. The summed E-state index contributed by atoms with van der Waals surface area (Å²) in [6, 6.07) is 8.11. The molecule has 7 nitrogen and oxygen atoms in total. The van der Waals surface area contributed by atoms with Crippen molar-refractivity contribution in [3.63, 3.8) is 0 Å². The molecule has 0 radical (unpaired) electrons. The summed E-state index contributed by atoms with van der Waals surface area (Å²) in [6.07, 6.45) is 12.6. The lowest BCUT2D eigenvalue weighted by molar-refractivity contribution is 0.105. The van der Waals surface area contributed by atoms with E-state index in [1.54, 1.807) is 24.3 Å². The normalized spacial score (nSPS) is 19.2. The first-order valence-electron chi connectivity index (χ1n) is 11.7. The molecule has 2 heterocycles. The minimum absolute atomic E-state index is 0.119. The monoisotopic (exact) mass is 436 g/mol. The van der Waals surface area contributed by atoms with E-state index in [0.717, 1.165) is 43.2 Å². The van der Waals surface area contributed by atoms with Crippen molar-refractivity contribution in [2.24, 2.45) is 17.2 Å². The van der Waals surface area contributed by atoms with Gasteiger partial charge in [-0.15, -0.1) is 0 Å². The number of rotatable bonds is 5. The summed E-state index contributed by atoms with van der Waals surface area (Å²) in [5.74, 6) is 0.298. The zero-order valence-corrected chi connectivity index (χ0v) is 19.0. The van der Waals surface area contributed by atoms with Crippen LogP contribution in [0.1, 0.15) is 67.8 Å². The lowest BCUT2D eigenvalue weighted by Crippen LogP contribution is -2.42. The summed E-state index contributed by atoms with van der Waals surface area (Å²) in [6.45, 7) is 4.32. The molecule has 1 aliphatic heterocycles. The molecule has 0 amide bonds. The average molecular weight is 437 g/mol. The number of phenolic OH excluding ortho intramolecular Hbond substituents is 1. The molecule has 1 saturated heterocycles. The molecular weight excluding hydrogens is 400 g/mol. The van der Waals surface area contributed by atoms with E-state index < -0.39 is 0 Å². The second-order valence-electron chi connectivity index (χ2n) is 9.13. The number of benzene rings is 1. The lowest BCUT2D eigenvalue weighted by Gasteiger charge is -2.39. The standard InChI is InChI=1S/C25H36N6O/c1-17-22(21(25(27)28)15-23(26)20-9-5-6-10-24(20)32)16-29-31(17)19-11-13-30(14-12-19)18-7-3-2-4-8-18/h5-6,9-10,15-16,18-19,32H,2-4,7-8,11-14,26-28H2,1H3/b23-15-. The maximum absolute atomic E-state index is 10.1. The van der Waals surface area contributed by atoms with Crippen molar-refractivity contribution in [2.45, 2.75) is 64.0 Å². The number of hydrogen-bond acceptors (Lipinski definition) is 6. The molecule has 1 aromatic heterocycles. The molecule has 1 aromatic carbocycles. The van der Waals surface area contributed by atoms with Gasteiger partial charge in [0.2, 0.25) is 0 Å². The van der Waals surface area contributed by atoms with Crippen LogP contribution in [0.2, 0.25) is 0 Å². The first-order valence-corrected chi connectivity index (χ1v) is 11.7. The van der Waals surface area contributed by atoms with E-state index in [1.165, 1.54) is 32.1 Å². The maximum Gasteiger partial charge on any atom is 0.124 e. The van der Waals surface area contributed by atoms with E-state index in [0.29, 0.717) is 22.9 Å². The summed E-state index contributed by atoms with van der Waals surface area (Å²) in [7, 11) is 0. The van der Waals surface area contributed by atoms with E-state index in [2.05, 4.69) is 16.5 Å². The summed E-state index contributed by atoms with van der Waals surface area (Å²) in [5.41, 5.74) is 21.9. The Morgan fingerprint density at radius 3 is 2.31 bits per heavy atom. The highest BCUT2D eigenvalue weighted by molar-refractivity contribution is 5.85. The fraction of sp³-hybridized carbons (Fsp3) is 0.480. The van der Waals surface area contributed by atoms with Gasteiger partial charge in [-0.25, -0.2) is 0 Å². The summed E-state index contributed by atoms with van der Waals surface area (Å²) >= 11 is 0. The Morgan fingerprint density at radius 2 is 1.66 bits per heavy atom. The predicted molar refractivity (Wildman–Crippen MR) is 129 cm³/mol. The van der Waals surface area contributed by atoms with Gasteiger partial charge < -0.3 is 27.2 Å². The second kappa shape index (κ2) is 9.69. The third-order valence-corrected chi connectivity index (χ3v) is 7.10. The van der Waals surface area contributed by atoms with E-state index in [1.807, 2.05) is 12.3 Å². The maximum atomic E-state index is 10.1. The molecular formula is C25H36N6O. The van der Waals surface area contributed by atoms with Gasteiger partial charge in [-0.1, -0.05) is 31.4 Å². The van der Waals surface area contributed by atoms with Crippen molar-refractivity contribution in [3.8, 4) is 5.75 Å². The van der Waals surface area contributed by atoms with Crippen LogP contribution in [0.4, 0.5) is 0 Å². The zero-order chi connectivity index (χ0) is 22.7. The molecule has 0 bridgehead atoms. The molecule has 172 valence electrons. The molecule has 4 rings (SSSR count). The highest BCUT2D eigenvalue weighted by atomic mass is 16.3. The van der Waals surface area contributed by atoms with Crippen LogP contribution in [0.15, 0.2) is 42.4 Å². The Labute approximate surface area is 190 Å². The number of para-hydroxylation sites is 1. The van der Waals surface area contributed by atoms with Crippen molar-refractivity contribution in [1.29, 1.82) is 0 Å². The second-order valence-corrected chi connectivity index (χ2v) is 9.13. The van der Waals surface area contributed by atoms with Crippen LogP contribution in [0, 0.1) is 6.92 Å². The summed E-state index contributed by atoms with van der Waals surface area (Å²) in [5, 5.41) is 14.8. The average Bonchev–Trinajstić information content (AvgIpc) is 3.19. The van der Waals surface area contributed by atoms with Crippen molar-refractivity contribution < 1.29 is 5.11 Å². The molecule has 0 atom stereocenters. The SMILES string of the molecule is Cc1c(C(/C=C(\N)c2ccccc2O)=C(N)N)cnn1C1CCN(C2CCCCC2)CC1. The first-order chi connectivity index (χ1) is 15.5. The summed E-state index contributed by atoms with van der Waals surface area (Å²) < 4.78 is 2.13. The largest absolute Gasteiger partial charge is 0.507 e. The molecule has 7 N–H and O–H groups in total. The fourth-order valence-corrected chi connectivity index (χ4v) is 5.27. The van der Waals surface area contributed by atoms with Gasteiger partial charge in [0.1, 0.15) is 11.6 Å². The number of aromatic nitrogens is 2. The number of nitrogens with zero attached hydrogens (tertiary/aromatic N) is 3. The Kier molecular flexibility index (Phi) is 6.74. The molecule has 32 heavy (non-hydrogen) atoms.